The lowest BCUT2D eigenvalue weighted by Crippen LogP contribution is -2.28. The number of methoxy groups -OCH3 is 1. The van der Waals surface area contributed by atoms with Crippen molar-refractivity contribution >= 4 is 5.91 Å². The van der Waals surface area contributed by atoms with Crippen LogP contribution in [0, 0.1) is 17.8 Å². The van der Waals surface area contributed by atoms with E-state index in [-0.39, 0.29) is 12.5 Å². The molecule has 0 spiro atoms. The fraction of sp³-hybridized carbons (Fsp3) is 0.471. The van der Waals surface area contributed by atoms with E-state index < -0.39 is 0 Å². The number of rotatable bonds is 5. The zero-order valence-corrected chi connectivity index (χ0v) is 13.1. The summed E-state index contributed by atoms with van der Waals surface area (Å²) in [6, 6.07) is 5.16. The van der Waals surface area contributed by atoms with Crippen molar-refractivity contribution in [2.24, 2.45) is 5.92 Å². The Kier molecular flexibility index (Phi) is 6.77. The smallest absolute Gasteiger partial charge is 0.253 e. The second kappa shape index (κ2) is 8.33. The van der Waals surface area contributed by atoms with Crippen LogP contribution < -0.4 is 4.74 Å². The molecule has 0 atom stereocenters. The second-order valence-corrected chi connectivity index (χ2v) is 5.28. The standard InChI is InChI=1S/C17H23NO3/c1-13(2)9-10-18(3)17(20)15-7-8-16(21-4)14(12-15)6-5-11-19/h7-8,12-13,19H,9-11H2,1-4H3. The molecule has 1 aromatic carbocycles. The van der Waals surface area contributed by atoms with Crippen LogP contribution in [0.15, 0.2) is 18.2 Å². The van der Waals surface area contributed by atoms with Crippen LogP contribution in [0.5, 0.6) is 5.75 Å². The highest BCUT2D eigenvalue weighted by Crippen LogP contribution is 2.20. The highest BCUT2D eigenvalue weighted by Gasteiger charge is 2.14. The van der Waals surface area contributed by atoms with E-state index >= 15 is 0 Å². The molecule has 4 nitrogen and oxygen atoms in total. The number of aliphatic hydroxyl groups is 1. The predicted molar refractivity (Wildman–Crippen MR) is 83.4 cm³/mol. The maximum Gasteiger partial charge on any atom is 0.253 e. The fourth-order valence-corrected chi connectivity index (χ4v) is 1.85. The Bertz CT molecular complexity index is 541. The van der Waals surface area contributed by atoms with Crippen LogP contribution >= 0.6 is 0 Å². The average Bonchev–Trinajstić information content (AvgIpc) is 2.49. The summed E-state index contributed by atoms with van der Waals surface area (Å²) in [4.78, 5) is 14.1. The van der Waals surface area contributed by atoms with Crippen LogP contribution in [0.1, 0.15) is 36.2 Å². The van der Waals surface area contributed by atoms with E-state index in [0.717, 1.165) is 13.0 Å². The van der Waals surface area contributed by atoms with Gasteiger partial charge in [0, 0.05) is 19.2 Å². The third kappa shape index (κ3) is 5.13. The normalized spacial score (nSPS) is 10.0. The van der Waals surface area contributed by atoms with Gasteiger partial charge in [-0.25, -0.2) is 0 Å². The van der Waals surface area contributed by atoms with Crippen LogP contribution in [-0.4, -0.2) is 43.2 Å². The molecule has 1 amide bonds. The molecule has 1 aromatic rings. The largest absolute Gasteiger partial charge is 0.495 e. The molecular weight excluding hydrogens is 266 g/mol. The van der Waals surface area contributed by atoms with Gasteiger partial charge in [-0.05, 0) is 30.5 Å². The van der Waals surface area contributed by atoms with Crippen molar-refractivity contribution in [1.29, 1.82) is 0 Å². The lowest BCUT2D eigenvalue weighted by atomic mass is 10.1. The minimum atomic E-state index is -0.227. The van der Waals surface area contributed by atoms with Crippen LogP contribution in [0.3, 0.4) is 0 Å². The molecule has 1 rings (SSSR count). The summed E-state index contributed by atoms with van der Waals surface area (Å²) in [6.07, 6.45) is 0.968. The van der Waals surface area contributed by atoms with Crippen molar-refractivity contribution < 1.29 is 14.6 Å². The zero-order chi connectivity index (χ0) is 15.8. The molecule has 0 radical (unpaired) electrons. The summed E-state index contributed by atoms with van der Waals surface area (Å²) in [5.74, 6) is 6.49. The number of carbonyl (C=O) groups is 1. The molecular formula is C17H23NO3. The maximum absolute atomic E-state index is 12.4. The van der Waals surface area contributed by atoms with Crippen LogP contribution in [0.2, 0.25) is 0 Å². The van der Waals surface area contributed by atoms with Gasteiger partial charge in [-0.1, -0.05) is 25.7 Å². The Hall–Kier alpha value is -1.99. The molecule has 0 aromatic heterocycles. The number of amides is 1. The minimum absolute atomic E-state index is 0.0367. The molecule has 0 unspecified atom stereocenters. The molecule has 21 heavy (non-hydrogen) atoms. The van der Waals surface area contributed by atoms with Crippen molar-refractivity contribution in [3.63, 3.8) is 0 Å². The van der Waals surface area contributed by atoms with Gasteiger partial charge in [0.1, 0.15) is 12.4 Å². The van der Waals surface area contributed by atoms with Gasteiger partial charge in [0.2, 0.25) is 0 Å². The first-order valence-corrected chi connectivity index (χ1v) is 7.02. The summed E-state index contributed by atoms with van der Waals surface area (Å²) in [5.41, 5.74) is 1.18. The summed E-state index contributed by atoms with van der Waals surface area (Å²) in [7, 11) is 3.35. The molecule has 114 valence electrons. The van der Waals surface area contributed by atoms with Crippen LogP contribution in [0.25, 0.3) is 0 Å². The topological polar surface area (TPSA) is 49.8 Å². The van der Waals surface area contributed by atoms with Gasteiger partial charge in [-0.3, -0.25) is 4.79 Å². The second-order valence-electron chi connectivity index (χ2n) is 5.28. The van der Waals surface area contributed by atoms with Crippen molar-refractivity contribution in [1.82, 2.24) is 4.90 Å². The van der Waals surface area contributed by atoms with Gasteiger partial charge in [0.15, 0.2) is 0 Å². The highest BCUT2D eigenvalue weighted by atomic mass is 16.5. The first-order valence-electron chi connectivity index (χ1n) is 7.02. The summed E-state index contributed by atoms with van der Waals surface area (Å²) >= 11 is 0. The Morgan fingerprint density at radius 3 is 2.71 bits per heavy atom. The Labute approximate surface area is 126 Å². The number of ether oxygens (including phenoxy) is 1. The van der Waals surface area contributed by atoms with Gasteiger partial charge in [-0.15, -0.1) is 0 Å². The Morgan fingerprint density at radius 1 is 1.43 bits per heavy atom. The quantitative estimate of drug-likeness (QED) is 0.845. The first kappa shape index (κ1) is 17.1. The SMILES string of the molecule is COc1ccc(C(=O)N(C)CCC(C)C)cc1C#CCO. The third-order valence-corrected chi connectivity index (χ3v) is 3.14. The Morgan fingerprint density at radius 2 is 2.14 bits per heavy atom. The van der Waals surface area contributed by atoms with Crippen LogP contribution in [-0.2, 0) is 0 Å². The van der Waals surface area contributed by atoms with Gasteiger partial charge in [0.05, 0.1) is 12.7 Å². The third-order valence-electron chi connectivity index (χ3n) is 3.14. The molecule has 0 saturated heterocycles. The lowest BCUT2D eigenvalue weighted by Gasteiger charge is -2.18. The number of aliphatic hydroxyl groups excluding tert-OH is 1. The number of carbonyl (C=O) groups excluding carboxylic acids is 1. The number of hydrogen-bond acceptors (Lipinski definition) is 3. The van der Waals surface area contributed by atoms with E-state index in [2.05, 4.69) is 25.7 Å². The molecule has 0 aliphatic carbocycles. The van der Waals surface area contributed by atoms with E-state index in [1.165, 1.54) is 0 Å². The predicted octanol–water partition coefficient (Wildman–Crippen LogP) is 2.16. The Balaban J connectivity index is 2.94. The van der Waals surface area contributed by atoms with E-state index in [0.29, 0.717) is 22.8 Å². The van der Waals surface area contributed by atoms with Gasteiger partial charge < -0.3 is 14.7 Å². The van der Waals surface area contributed by atoms with Gasteiger partial charge in [-0.2, -0.15) is 0 Å². The zero-order valence-electron chi connectivity index (χ0n) is 13.1. The minimum Gasteiger partial charge on any atom is -0.495 e. The summed E-state index contributed by atoms with van der Waals surface area (Å²) in [5, 5.41) is 8.79. The van der Waals surface area contributed by atoms with Gasteiger partial charge in [0.25, 0.3) is 5.91 Å². The van der Waals surface area contributed by atoms with Crippen molar-refractivity contribution in [2.75, 3.05) is 27.3 Å². The van der Waals surface area contributed by atoms with Crippen molar-refractivity contribution in [3.05, 3.63) is 29.3 Å². The number of nitrogens with zero attached hydrogens (tertiary/aromatic N) is 1. The number of hydrogen-bond donors (Lipinski definition) is 1. The summed E-state index contributed by atoms with van der Waals surface area (Å²) in [6.45, 7) is 4.76. The highest BCUT2D eigenvalue weighted by molar-refractivity contribution is 5.94. The maximum atomic E-state index is 12.4. The van der Waals surface area contributed by atoms with E-state index in [9.17, 15) is 4.79 Å². The van der Waals surface area contributed by atoms with Gasteiger partial charge >= 0.3 is 0 Å². The molecule has 0 aliphatic heterocycles. The fourth-order valence-electron chi connectivity index (χ4n) is 1.85. The molecule has 0 fully saturated rings. The van der Waals surface area contributed by atoms with Crippen LogP contribution in [0.4, 0.5) is 0 Å². The lowest BCUT2D eigenvalue weighted by molar-refractivity contribution is 0.0789. The molecule has 0 bridgehead atoms. The number of benzene rings is 1. The molecule has 1 N–H and O–H groups in total. The molecule has 0 aliphatic rings. The van der Waals surface area contributed by atoms with Crippen molar-refractivity contribution in [3.8, 4) is 17.6 Å². The van der Waals surface area contributed by atoms with E-state index in [1.54, 1.807) is 37.3 Å². The molecule has 0 saturated carbocycles. The molecule has 0 heterocycles. The summed E-state index contributed by atoms with van der Waals surface area (Å²) < 4.78 is 5.21. The van der Waals surface area contributed by atoms with Crippen molar-refractivity contribution in [2.45, 2.75) is 20.3 Å². The van der Waals surface area contributed by atoms with E-state index in [1.807, 2.05) is 0 Å². The molecule has 4 heteroatoms. The average molecular weight is 289 g/mol. The monoisotopic (exact) mass is 289 g/mol. The first-order chi connectivity index (χ1) is 9.99. The van der Waals surface area contributed by atoms with E-state index in [4.69, 9.17) is 9.84 Å².